The minimum Gasteiger partial charge on any atom is -0.465 e. The molecule has 2 saturated heterocycles. The molecule has 2 atom stereocenters. The van der Waals surface area contributed by atoms with Gasteiger partial charge in [0.15, 0.2) is 0 Å². The fourth-order valence-electron chi connectivity index (χ4n) is 3.38. The minimum absolute atomic E-state index is 0.174. The number of carboxylic acid groups (broad SMARTS) is 1. The fourth-order valence-corrected chi connectivity index (χ4v) is 3.38. The van der Waals surface area contributed by atoms with Crippen molar-refractivity contribution in [2.75, 3.05) is 24.5 Å². The highest BCUT2D eigenvalue weighted by Gasteiger charge is 2.40. The van der Waals surface area contributed by atoms with Crippen molar-refractivity contribution in [2.45, 2.75) is 25.2 Å². The van der Waals surface area contributed by atoms with Gasteiger partial charge in [-0.3, -0.25) is 0 Å². The molecule has 0 aromatic carbocycles. The number of amides is 1. The van der Waals surface area contributed by atoms with Gasteiger partial charge in [-0.1, -0.05) is 0 Å². The fraction of sp³-hybridized carbons (Fsp3) is 0.571. The predicted molar refractivity (Wildman–Crippen MR) is 74.4 cm³/mol. The summed E-state index contributed by atoms with van der Waals surface area (Å²) in [7, 11) is 0. The number of alkyl halides is 3. The normalized spacial score (nSPS) is 24.5. The molecule has 0 spiro atoms. The van der Waals surface area contributed by atoms with Crippen LogP contribution in [-0.2, 0) is 0 Å². The Bertz CT molecular complexity index is 579. The van der Waals surface area contributed by atoms with Crippen LogP contribution in [0.25, 0.3) is 0 Å². The number of fused-ring (bicyclic) bond motifs is 1. The maximum atomic E-state index is 12.2. The van der Waals surface area contributed by atoms with Gasteiger partial charge in [0, 0.05) is 25.7 Å². The molecule has 1 aromatic rings. The third kappa shape index (κ3) is 3.43. The molecule has 0 saturated carbocycles. The summed E-state index contributed by atoms with van der Waals surface area (Å²) in [5, 5.41) is 9.06. The molecule has 1 N–H and O–H groups in total. The molecule has 6 nitrogen and oxygen atoms in total. The Morgan fingerprint density at radius 1 is 1.30 bits per heavy atom. The number of rotatable bonds is 2. The third-order valence-corrected chi connectivity index (χ3v) is 4.35. The van der Waals surface area contributed by atoms with Crippen molar-refractivity contribution >= 4 is 11.9 Å². The maximum Gasteiger partial charge on any atom is 0.573 e. The summed E-state index contributed by atoms with van der Waals surface area (Å²) in [6, 6.07) is 2.93. The number of pyridine rings is 1. The van der Waals surface area contributed by atoms with Crippen LogP contribution in [0.5, 0.6) is 5.75 Å². The maximum absolute atomic E-state index is 12.2. The quantitative estimate of drug-likeness (QED) is 0.902. The van der Waals surface area contributed by atoms with Crippen LogP contribution in [0.1, 0.15) is 12.8 Å². The van der Waals surface area contributed by atoms with E-state index in [1.165, 1.54) is 17.0 Å². The van der Waals surface area contributed by atoms with E-state index < -0.39 is 12.5 Å². The highest BCUT2D eigenvalue weighted by Crippen LogP contribution is 2.35. The van der Waals surface area contributed by atoms with Crippen molar-refractivity contribution in [1.29, 1.82) is 0 Å². The molecule has 2 aliphatic heterocycles. The topological polar surface area (TPSA) is 65.9 Å². The van der Waals surface area contributed by atoms with E-state index in [-0.39, 0.29) is 17.7 Å². The van der Waals surface area contributed by atoms with Gasteiger partial charge in [-0.2, -0.15) is 0 Å². The van der Waals surface area contributed by atoms with Crippen LogP contribution in [0, 0.1) is 5.92 Å². The molecule has 1 aromatic heterocycles. The monoisotopic (exact) mass is 331 g/mol. The van der Waals surface area contributed by atoms with Crippen molar-refractivity contribution in [2.24, 2.45) is 5.92 Å². The Morgan fingerprint density at radius 2 is 2.09 bits per heavy atom. The second kappa shape index (κ2) is 5.78. The molecule has 2 aliphatic rings. The molecule has 2 fully saturated rings. The first-order valence-electron chi connectivity index (χ1n) is 7.30. The number of halogens is 3. The number of nitrogens with zero attached hydrogens (tertiary/aromatic N) is 3. The molecule has 126 valence electrons. The molecule has 0 unspecified atom stereocenters. The minimum atomic E-state index is -4.73. The second-order valence-corrected chi connectivity index (χ2v) is 5.73. The summed E-state index contributed by atoms with van der Waals surface area (Å²) in [6.45, 7) is 1.67. The molecule has 23 heavy (non-hydrogen) atoms. The Labute approximate surface area is 130 Å². The van der Waals surface area contributed by atoms with Crippen LogP contribution in [0.4, 0.5) is 23.8 Å². The van der Waals surface area contributed by atoms with E-state index in [4.69, 9.17) is 5.11 Å². The SMILES string of the molecule is O=C(O)N1CC[C@H]2[C@H](CCN2c2ccc(OC(F)(F)F)cn2)C1. The highest BCUT2D eigenvalue weighted by atomic mass is 19.4. The molecule has 1 amide bonds. The van der Waals surface area contributed by atoms with E-state index in [0.717, 1.165) is 19.2 Å². The number of piperidine rings is 1. The van der Waals surface area contributed by atoms with Gasteiger partial charge in [-0.25, -0.2) is 9.78 Å². The zero-order chi connectivity index (χ0) is 16.6. The molecular weight excluding hydrogens is 315 g/mol. The van der Waals surface area contributed by atoms with Crippen molar-refractivity contribution in [3.8, 4) is 5.75 Å². The smallest absolute Gasteiger partial charge is 0.465 e. The van der Waals surface area contributed by atoms with E-state index in [0.29, 0.717) is 25.3 Å². The second-order valence-electron chi connectivity index (χ2n) is 5.73. The van der Waals surface area contributed by atoms with Gasteiger partial charge in [0.05, 0.1) is 6.20 Å². The van der Waals surface area contributed by atoms with E-state index in [1.54, 1.807) is 0 Å². The number of aromatic nitrogens is 1. The average Bonchev–Trinajstić information content (AvgIpc) is 2.89. The highest BCUT2D eigenvalue weighted by molar-refractivity contribution is 5.65. The lowest BCUT2D eigenvalue weighted by Gasteiger charge is -2.37. The van der Waals surface area contributed by atoms with Crippen molar-refractivity contribution in [3.05, 3.63) is 18.3 Å². The van der Waals surface area contributed by atoms with Crippen LogP contribution in [0.2, 0.25) is 0 Å². The first kappa shape index (κ1) is 15.7. The van der Waals surface area contributed by atoms with Gasteiger partial charge in [0.2, 0.25) is 0 Å². The standard InChI is InChI=1S/C14H16F3N3O3/c15-14(16,17)23-10-1-2-12(18-7-10)20-6-3-9-8-19(13(21)22)5-4-11(9)20/h1-2,7,9,11H,3-6,8H2,(H,21,22)/t9-,11+/m1/s1. The number of likely N-dealkylation sites (tertiary alicyclic amines) is 1. The van der Waals surface area contributed by atoms with E-state index in [9.17, 15) is 18.0 Å². The lowest BCUT2D eigenvalue weighted by atomic mass is 9.93. The summed E-state index contributed by atoms with van der Waals surface area (Å²) < 4.78 is 40.3. The first-order chi connectivity index (χ1) is 10.8. The van der Waals surface area contributed by atoms with Crippen molar-refractivity contribution in [3.63, 3.8) is 0 Å². The van der Waals surface area contributed by atoms with E-state index in [2.05, 4.69) is 9.72 Å². The van der Waals surface area contributed by atoms with E-state index in [1.807, 2.05) is 4.90 Å². The lowest BCUT2D eigenvalue weighted by Crippen LogP contribution is -2.47. The Hall–Kier alpha value is -2.19. The number of carbonyl (C=O) groups is 1. The van der Waals surface area contributed by atoms with Gasteiger partial charge in [0.25, 0.3) is 0 Å². The number of hydrogen-bond donors (Lipinski definition) is 1. The van der Waals surface area contributed by atoms with Crippen LogP contribution < -0.4 is 9.64 Å². The van der Waals surface area contributed by atoms with Crippen LogP contribution in [-0.4, -0.2) is 53.1 Å². The Balaban J connectivity index is 1.68. The lowest BCUT2D eigenvalue weighted by molar-refractivity contribution is -0.274. The first-order valence-corrected chi connectivity index (χ1v) is 7.30. The van der Waals surface area contributed by atoms with E-state index >= 15 is 0 Å². The summed E-state index contributed by atoms with van der Waals surface area (Å²) >= 11 is 0. The van der Waals surface area contributed by atoms with Crippen molar-refractivity contribution < 1.29 is 27.8 Å². The summed E-state index contributed by atoms with van der Waals surface area (Å²) in [5.41, 5.74) is 0. The average molecular weight is 331 g/mol. The Morgan fingerprint density at radius 3 is 2.70 bits per heavy atom. The Kier molecular flexibility index (Phi) is 3.95. The summed E-state index contributed by atoms with van der Waals surface area (Å²) in [4.78, 5) is 18.6. The largest absolute Gasteiger partial charge is 0.573 e. The van der Waals surface area contributed by atoms with Crippen molar-refractivity contribution in [1.82, 2.24) is 9.88 Å². The van der Waals surface area contributed by atoms with Crippen LogP contribution in [0.15, 0.2) is 18.3 Å². The molecular formula is C14H16F3N3O3. The van der Waals surface area contributed by atoms with Crippen LogP contribution in [0.3, 0.4) is 0 Å². The molecule has 9 heteroatoms. The predicted octanol–water partition coefficient (Wildman–Crippen LogP) is 2.56. The van der Waals surface area contributed by atoms with Gasteiger partial charge in [0.1, 0.15) is 11.6 Å². The van der Waals surface area contributed by atoms with Gasteiger partial charge in [-0.05, 0) is 30.9 Å². The van der Waals surface area contributed by atoms with Gasteiger partial charge in [-0.15, -0.1) is 13.2 Å². The molecule has 3 rings (SSSR count). The molecule has 0 radical (unpaired) electrons. The third-order valence-electron chi connectivity index (χ3n) is 4.35. The number of ether oxygens (including phenoxy) is 1. The number of hydrogen-bond acceptors (Lipinski definition) is 4. The summed E-state index contributed by atoms with van der Waals surface area (Å²) in [6.07, 6.45) is -3.04. The van der Waals surface area contributed by atoms with Gasteiger partial charge < -0.3 is 19.6 Å². The summed E-state index contributed by atoms with van der Waals surface area (Å²) in [5.74, 6) is 0.473. The number of anilines is 1. The van der Waals surface area contributed by atoms with Crippen LogP contribution >= 0.6 is 0 Å². The molecule has 0 aliphatic carbocycles. The zero-order valence-electron chi connectivity index (χ0n) is 12.2. The molecule has 0 bridgehead atoms. The van der Waals surface area contributed by atoms with Gasteiger partial charge >= 0.3 is 12.5 Å². The molecule has 3 heterocycles. The zero-order valence-corrected chi connectivity index (χ0v) is 12.2.